The van der Waals surface area contributed by atoms with Crippen molar-refractivity contribution in [2.75, 3.05) is 13.7 Å². The van der Waals surface area contributed by atoms with Crippen molar-refractivity contribution in [1.29, 1.82) is 0 Å². The molecule has 1 rings (SSSR count). The standard InChI is InChI=1S/C11H12F2N2O5/c1-3-20-9(16)4-6-10(11(12)13)7(19-2)5-8(14-6)15(17)18/h5,11H,3-4H2,1-2H3. The molecule has 1 aromatic heterocycles. The molecular weight excluding hydrogens is 278 g/mol. The summed E-state index contributed by atoms with van der Waals surface area (Å²) >= 11 is 0. The van der Waals surface area contributed by atoms with Crippen LogP contribution in [-0.2, 0) is 16.0 Å². The number of aromatic nitrogens is 1. The Labute approximate surface area is 112 Å². The molecule has 7 nitrogen and oxygen atoms in total. The number of alkyl halides is 2. The van der Waals surface area contributed by atoms with Crippen molar-refractivity contribution >= 4 is 11.8 Å². The molecule has 0 spiro atoms. The van der Waals surface area contributed by atoms with Gasteiger partial charge in [-0.05, 0) is 16.8 Å². The Morgan fingerprint density at radius 2 is 2.20 bits per heavy atom. The summed E-state index contributed by atoms with van der Waals surface area (Å²) < 4.78 is 35.3. The highest BCUT2D eigenvalue weighted by atomic mass is 19.3. The highest BCUT2D eigenvalue weighted by Crippen LogP contribution is 2.34. The maximum absolute atomic E-state index is 13.0. The van der Waals surface area contributed by atoms with E-state index in [0.29, 0.717) is 0 Å². The van der Waals surface area contributed by atoms with Gasteiger partial charge >= 0.3 is 11.8 Å². The molecule has 110 valence electrons. The predicted molar refractivity (Wildman–Crippen MR) is 62.7 cm³/mol. The molecule has 0 amide bonds. The third-order valence-electron chi connectivity index (χ3n) is 2.33. The second kappa shape index (κ2) is 6.73. The van der Waals surface area contributed by atoms with Crippen LogP contribution in [0.1, 0.15) is 24.6 Å². The van der Waals surface area contributed by atoms with Gasteiger partial charge in [0.15, 0.2) is 5.69 Å². The number of rotatable bonds is 6. The Bertz CT molecular complexity index is 522. The fraction of sp³-hybridized carbons (Fsp3) is 0.455. The van der Waals surface area contributed by atoms with Gasteiger partial charge in [-0.2, -0.15) is 0 Å². The van der Waals surface area contributed by atoms with E-state index in [1.165, 1.54) is 0 Å². The summed E-state index contributed by atoms with van der Waals surface area (Å²) in [6, 6.07) is 0.788. The van der Waals surface area contributed by atoms with E-state index in [1.807, 2.05) is 0 Å². The molecule has 0 bridgehead atoms. The number of pyridine rings is 1. The first kappa shape index (κ1) is 15.7. The minimum Gasteiger partial charge on any atom is -0.496 e. The molecule has 0 fully saturated rings. The van der Waals surface area contributed by atoms with Crippen molar-refractivity contribution in [2.45, 2.75) is 19.8 Å². The van der Waals surface area contributed by atoms with Gasteiger partial charge in [-0.3, -0.25) is 4.79 Å². The lowest BCUT2D eigenvalue weighted by Crippen LogP contribution is -2.13. The zero-order valence-corrected chi connectivity index (χ0v) is 10.8. The number of carbonyl (C=O) groups excluding carboxylic acids is 1. The summed E-state index contributed by atoms with van der Waals surface area (Å²) in [6.07, 6.45) is -3.58. The van der Waals surface area contributed by atoms with Crippen LogP contribution >= 0.6 is 0 Å². The summed E-state index contributed by atoms with van der Waals surface area (Å²) in [5.41, 5.74) is -1.07. The van der Waals surface area contributed by atoms with Crippen molar-refractivity contribution in [3.8, 4) is 5.75 Å². The van der Waals surface area contributed by atoms with E-state index in [0.717, 1.165) is 13.2 Å². The van der Waals surface area contributed by atoms with E-state index in [9.17, 15) is 23.7 Å². The molecule has 0 N–H and O–H groups in total. The fourth-order valence-corrected chi connectivity index (χ4v) is 1.55. The maximum Gasteiger partial charge on any atom is 0.367 e. The Hall–Kier alpha value is -2.32. The van der Waals surface area contributed by atoms with Crippen molar-refractivity contribution in [2.24, 2.45) is 0 Å². The number of ether oxygens (including phenoxy) is 2. The number of nitro groups is 1. The van der Waals surface area contributed by atoms with E-state index in [1.54, 1.807) is 6.92 Å². The number of esters is 1. The van der Waals surface area contributed by atoms with Crippen LogP contribution in [0.3, 0.4) is 0 Å². The molecule has 0 aliphatic carbocycles. The second-order valence-electron chi connectivity index (χ2n) is 3.58. The van der Waals surface area contributed by atoms with Gasteiger partial charge in [-0.15, -0.1) is 0 Å². The average molecular weight is 290 g/mol. The van der Waals surface area contributed by atoms with Gasteiger partial charge in [0.2, 0.25) is 0 Å². The van der Waals surface area contributed by atoms with E-state index >= 15 is 0 Å². The number of nitrogens with zero attached hydrogens (tertiary/aromatic N) is 2. The van der Waals surface area contributed by atoms with Crippen LogP contribution in [0.15, 0.2) is 6.07 Å². The fourth-order valence-electron chi connectivity index (χ4n) is 1.55. The summed E-state index contributed by atoms with van der Waals surface area (Å²) in [5, 5.41) is 10.7. The van der Waals surface area contributed by atoms with Crippen LogP contribution in [-0.4, -0.2) is 29.6 Å². The van der Waals surface area contributed by atoms with E-state index in [-0.39, 0.29) is 12.4 Å². The van der Waals surface area contributed by atoms with Gasteiger partial charge < -0.3 is 19.6 Å². The predicted octanol–water partition coefficient (Wildman–Crippen LogP) is 2.04. The molecule has 0 saturated carbocycles. The first-order valence-electron chi connectivity index (χ1n) is 5.56. The number of carbonyl (C=O) groups is 1. The van der Waals surface area contributed by atoms with Crippen molar-refractivity contribution in [1.82, 2.24) is 4.98 Å². The third-order valence-corrected chi connectivity index (χ3v) is 2.33. The van der Waals surface area contributed by atoms with Gasteiger partial charge in [0.1, 0.15) is 17.7 Å². The summed E-state index contributed by atoms with van der Waals surface area (Å²) in [5.74, 6) is -1.86. The monoisotopic (exact) mass is 290 g/mol. The molecule has 20 heavy (non-hydrogen) atoms. The lowest BCUT2D eigenvalue weighted by Gasteiger charge is -2.09. The van der Waals surface area contributed by atoms with Crippen LogP contribution in [0.25, 0.3) is 0 Å². The van der Waals surface area contributed by atoms with Crippen molar-refractivity contribution in [3.05, 3.63) is 27.4 Å². The normalized spacial score (nSPS) is 10.4. The van der Waals surface area contributed by atoms with Gasteiger partial charge in [-0.1, -0.05) is 0 Å². The van der Waals surface area contributed by atoms with Crippen LogP contribution in [0.2, 0.25) is 0 Å². The first-order chi connectivity index (χ1) is 9.40. The zero-order chi connectivity index (χ0) is 15.3. The van der Waals surface area contributed by atoms with E-state index in [4.69, 9.17) is 4.74 Å². The van der Waals surface area contributed by atoms with Gasteiger partial charge in [0.05, 0.1) is 19.8 Å². The van der Waals surface area contributed by atoms with Gasteiger partial charge in [0.25, 0.3) is 6.43 Å². The zero-order valence-electron chi connectivity index (χ0n) is 10.8. The smallest absolute Gasteiger partial charge is 0.367 e. The largest absolute Gasteiger partial charge is 0.496 e. The molecule has 0 aliphatic rings. The van der Waals surface area contributed by atoms with Crippen LogP contribution < -0.4 is 4.74 Å². The molecule has 0 atom stereocenters. The third kappa shape index (κ3) is 3.59. The SMILES string of the molecule is CCOC(=O)Cc1nc([N+](=O)[O-])cc(OC)c1C(F)F. The summed E-state index contributed by atoms with van der Waals surface area (Å²) in [7, 11) is 1.10. The quantitative estimate of drug-likeness (QED) is 0.452. The minimum atomic E-state index is -2.98. The molecular formula is C11H12F2N2O5. The molecule has 1 heterocycles. The molecule has 0 radical (unpaired) electrons. The minimum absolute atomic E-state index is 0.0644. The average Bonchev–Trinajstić information content (AvgIpc) is 2.37. The Morgan fingerprint density at radius 3 is 2.65 bits per heavy atom. The van der Waals surface area contributed by atoms with Crippen molar-refractivity contribution in [3.63, 3.8) is 0 Å². The number of hydrogen-bond acceptors (Lipinski definition) is 6. The Kier molecular flexibility index (Phi) is 5.30. The van der Waals surface area contributed by atoms with Gasteiger partial charge in [0, 0.05) is 0 Å². The van der Waals surface area contributed by atoms with Crippen LogP contribution in [0.4, 0.5) is 14.6 Å². The summed E-state index contributed by atoms with van der Waals surface area (Å²) in [4.78, 5) is 24.7. The molecule has 1 aromatic rings. The maximum atomic E-state index is 13.0. The molecule has 0 aliphatic heterocycles. The topological polar surface area (TPSA) is 91.6 Å². The van der Waals surface area contributed by atoms with Crippen LogP contribution in [0, 0.1) is 10.1 Å². The number of methoxy groups -OCH3 is 1. The lowest BCUT2D eigenvalue weighted by atomic mass is 10.1. The highest BCUT2D eigenvalue weighted by Gasteiger charge is 2.29. The molecule has 9 heteroatoms. The van der Waals surface area contributed by atoms with E-state index in [2.05, 4.69) is 9.72 Å². The lowest BCUT2D eigenvalue weighted by molar-refractivity contribution is -0.389. The molecule has 0 aromatic carbocycles. The Balaban J connectivity index is 3.32. The molecule has 0 saturated heterocycles. The second-order valence-corrected chi connectivity index (χ2v) is 3.58. The first-order valence-corrected chi connectivity index (χ1v) is 5.56. The van der Waals surface area contributed by atoms with Gasteiger partial charge in [-0.25, -0.2) is 8.78 Å². The number of hydrogen-bond donors (Lipinski definition) is 0. The highest BCUT2D eigenvalue weighted by molar-refractivity contribution is 5.73. The summed E-state index contributed by atoms with van der Waals surface area (Å²) in [6.45, 7) is 1.61. The molecule has 0 unspecified atom stereocenters. The van der Waals surface area contributed by atoms with Crippen LogP contribution in [0.5, 0.6) is 5.75 Å². The Morgan fingerprint density at radius 1 is 1.55 bits per heavy atom. The van der Waals surface area contributed by atoms with E-state index < -0.39 is 40.8 Å². The van der Waals surface area contributed by atoms with Crippen molar-refractivity contribution < 1.29 is 28.0 Å². The number of halogens is 2.